The number of methoxy groups -OCH3 is 1. The van der Waals surface area contributed by atoms with Crippen LogP contribution in [0.15, 0.2) is 24.3 Å². The van der Waals surface area contributed by atoms with Crippen molar-refractivity contribution in [1.82, 2.24) is 0 Å². The van der Waals surface area contributed by atoms with Gasteiger partial charge in [-0.15, -0.1) is 0 Å². The predicted octanol–water partition coefficient (Wildman–Crippen LogP) is 1.46. The smallest absolute Gasteiger partial charge is 0.328 e. The second-order valence-corrected chi connectivity index (χ2v) is 3.35. The molecule has 0 amide bonds. The number of aliphatic carboxylic acids is 1. The molecular formula is C12H14O4. The maximum absolute atomic E-state index is 10.5. The third-order valence-corrected chi connectivity index (χ3v) is 2.23. The Bertz CT molecular complexity index is 421. The Balaban J connectivity index is 3.13. The van der Waals surface area contributed by atoms with Crippen molar-refractivity contribution in [3.8, 4) is 5.75 Å². The molecule has 4 heteroatoms. The van der Waals surface area contributed by atoms with Crippen LogP contribution in [0.2, 0.25) is 0 Å². The summed E-state index contributed by atoms with van der Waals surface area (Å²) in [6.07, 6.45) is 1.00. The molecule has 0 saturated carbocycles. The molecule has 0 aliphatic carbocycles. The van der Waals surface area contributed by atoms with E-state index in [9.17, 15) is 4.79 Å². The SMILES string of the molecule is COc1ccc(/C(=C/C(=O)O)CO)cc1C. The van der Waals surface area contributed by atoms with Crippen LogP contribution in [0.3, 0.4) is 0 Å². The van der Waals surface area contributed by atoms with Gasteiger partial charge in [0.15, 0.2) is 0 Å². The van der Waals surface area contributed by atoms with Crippen LogP contribution in [0.25, 0.3) is 5.57 Å². The molecule has 0 fully saturated rings. The number of carbonyl (C=O) groups is 1. The van der Waals surface area contributed by atoms with E-state index in [4.69, 9.17) is 14.9 Å². The molecule has 0 aliphatic heterocycles. The summed E-state index contributed by atoms with van der Waals surface area (Å²) in [5.74, 6) is -0.339. The maximum atomic E-state index is 10.5. The highest BCUT2D eigenvalue weighted by Crippen LogP contribution is 2.22. The minimum atomic E-state index is -1.07. The fraction of sp³-hybridized carbons (Fsp3) is 0.250. The number of aliphatic hydroxyl groups is 1. The zero-order chi connectivity index (χ0) is 12.1. The van der Waals surface area contributed by atoms with Crippen LogP contribution in [-0.4, -0.2) is 29.9 Å². The molecule has 1 rings (SSSR count). The van der Waals surface area contributed by atoms with Gasteiger partial charge in [0.05, 0.1) is 13.7 Å². The fourth-order valence-electron chi connectivity index (χ4n) is 1.45. The molecular weight excluding hydrogens is 208 g/mol. The van der Waals surface area contributed by atoms with Gasteiger partial charge in [0, 0.05) is 6.08 Å². The van der Waals surface area contributed by atoms with Crippen LogP contribution in [0.5, 0.6) is 5.75 Å². The van der Waals surface area contributed by atoms with E-state index >= 15 is 0 Å². The van der Waals surface area contributed by atoms with Crippen molar-refractivity contribution in [2.24, 2.45) is 0 Å². The Morgan fingerprint density at radius 3 is 2.62 bits per heavy atom. The van der Waals surface area contributed by atoms with Gasteiger partial charge in [0.1, 0.15) is 5.75 Å². The Morgan fingerprint density at radius 2 is 2.19 bits per heavy atom. The second-order valence-electron chi connectivity index (χ2n) is 3.35. The van der Waals surface area contributed by atoms with E-state index in [2.05, 4.69) is 0 Å². The molecule has 86 valence electrons. The summed E-state index contributed by atoms with van der Waals surface area (Å²) in [4.78, 5) is 10.5. The van der Waals surface area contributed by atoms with E-state index in [-0.39, 0.29) is 6.61 Å². The zero-order valence-corrected chi connectivity index (χ0v) is 9.23. The molecule has 0 bridgehead atoms. The summed E-state index contributed by atoms with van der Waals surface area (Å²) in [5.41, 5.74) is 1.95. The first-order chi connectivity index (χ1) is 7.58. The topological polar surface area (TPSA) is 66.8 Å². The molecule has 16 heavy (non-hydrogen) atoms. The van der Waals surface area contributed by atoms with E-state index in [0.29, 0.717) is 11.1 Å². The van der Waals surface area contributed by atoms with Crippen molar-refractivity contribution >= 4 is 11.5 Å². The lowest BCUT2D eigenvalue weighted by Gasteiger charge is -2.08. The Kier molecular flexibility index (Phi) is 4.08. The van der Waals surface area contributed by atoms with Gasteiger partial charge >= 0.3 is 5.97 Å². The van der Waals surface area contributed by atoms with Crippen molar-refractivity contribution in [2.75, 3.05) is 13.7 Å². The van der Waals surface area contributed by atoms with Crippen molar-refractivity contribution in [3.63, 3.8) is 0 Å². The van der Waals surface area contributed by atoms with Gasteiger partial charge < -0.3 is 14.9 Å². The monoisotopic (exact) mass is 222 g/mol. The number of benzene rings is 1. The molecule has 0 atom stereocenters. The quantitative estimate of drug-likeness (QED) is 0.757. The number of ether oxygens (including phenoxy) is 1. The van der Waals surface area contributed by atoms with Gasteiger partial charge in [0.25, 0.3) is 0 Å². The van der Waals surface area contributed by atoms with E-state index < -0.39 is 5.97 Å². The standard InChI is InChI=1S/C12H14O4/c1-8-5-9(3-4-11(8)16-2)10(7-13)6-12(14)15/h3-6,13H,7H2,1-2H3,(H,14,15)/b10-6+. The third kappa shape index (κ3) is 2.84. The number of hydrogen-bond donors (Lipinski definition) is 2. The summed E-state index contributed by atoms with van der Waals surface area (Å²) in [6, 6.07) is 5.25. The first kappa shape index (κ1) is 12.3. The van der Waals surface area contributed by atoms with Crippen LogP contribution >= 0.6 is 0 Å². The summed E-state index contributed by atoms with van der Waals surface area (Å²) < 4.78 is 5.10. The molecule has 0 heterocycles. The third-order valence-electron chi connectivity index (χ3n) is 2.23. The number of carboxylic acid groups (broad SMARTS) is 1. The Morgan fingerprint density at radius 1 is 1.50 bits per heavy atom. The number of rotatable bonds is 4. The Labute approximate surface area is 93.8 Å². The molecule has 2 N–H and O–H groups in total. The van der Waals surface area contributed by atoms with Gasteiger partial charge in [0.2, 0.25) is 0 Å². The molecule has 1 aromatic rings. The van der Waals surface area contributed by atoms with Crippen molar-refractivity contribution in [2.45, 2.75) is 6.92 Å². The highest BCUT2D eigenvalue weighted by Gasteiger charge is 2.05. The van der Waals surface area contributed by atoms with Crippen LogP contribution in [-0.2, 0) is 4.79 Å². The number of aryl methyl sites for hydroxylation is 1. The summed E-state index contributed by atoms with van der Waals surface area (Å²) in [7, 11) is 1.57. The molecule has 0 aromatic heterocycles. The normalized spacial score (nSPS) is 11.3. The minimum absolute atomic E-state index is 0.307. The van der Waals surface area contributed by atoms with Crippen molar-refractivity contribution in [3.05, 3.63) is 35.4 Å². The van der Waals surface area contributed by atoms with Gasteiger partial charge in [-0.05, 0) is 35.8 Å². The van der Waals surface area contributed by atoms with Crippen LogP contribution < -0.4 is 4.74 Å². The van der Waals surface area contributed by atoms with E-state index in [1.807, 2.05) is 6.92 Å². The average Bonchev–Trinajstić information content (AvgIpc) is 2.25. The fourth-order valence-corrected chi connectivity index (χ4v) is 1.45. The number of hydrogen-bond acceptors (Lipinski definition) is 3. The van der Waals surface area contributed by atoms with Gasteiger partial charge in [-0.2, -0.15) is 0 Å². The molecule has 1 aromatic carbocycles. The Hall–Kier alpha value is -1.81. The van der Waals surface area contributed by atoms with Crippen molar-refractivity contribution < 1.29 is 19.7 Å². The molecule has 0 radical (unpaired) electrons. The summed E-state index contributed by atoms with van der Waals surface area (Å²) >= 11 is 0. The van der Waals surface area contributed by atoms with Gasteiger partial charge in [-0.1, -0.05) is 6.07 Å². The second kappa shape index (κ2) is 5.32. The molecule has 0 unspecified atom stereocenters. The largest absolute Gasteiger partial charge is 0.496 e. The van der Waals surface area contributed by atoms with Gasteiger partial charge in [-0.3, -0.25) is 0 Å². The predicted molar refractivity (Wildman–Crippen MR) is 60.4 cm³/mol. The molecule has 0 spiro atoms. The first-order valence-corrected chi connectivity index (χ1v) is 4.78. The van der Waals surface area contributed by atoms with Crippen molar-refractivity contribution in [1.29, 1.82) is 0 Å². The van der Waals surface area contributed by atoms with E-state index in [1.54, 1.807) is 25.3 Å². The molecule has 4 nitrogen and oxygen atoms in total. The average molecular weight is 222 g/mol. The highest BCUT2D eigenvalue weighted by molar-refractivity contribution is 5.90. The minimum Gasteiger partial charge on any atom is -0.496 e. The maximum Gasteiger partial charge on any atom is 0.328 e. The van der Waals surface area contributed by atoms with Crippen LogP contribution in [0.4, 0.5) is 0 Å². The summed E-state index contributed by atoms with van der Waals surface area (Å²) in [6.45, 7) is 1.55. The lowest BCUT2D eigenvalue weighted by molar-refractivity contribution is -0.131. The lowest BCUT2D eigenvalue weighted by Crippen LogP contribution is -1.97. The van der Waals surface area contributed by atoms with E-state index in [0.717, 1.165) is 17.4 Å². The highest BCUT2D eigenvalue weighted by atomic mass is 16.5. The first-order valence-electron chi connectivity index (χ1n) is 4.78. The van der Waals surface area contributed by atoms with Gasteiger partial charge in [-0.25, -0.2) is 4.79 Å². The summed E-state index contributed by atoms with van der Waals surface area (Å²) in [5, 5.41) is 17.7. The van der Waals surface area contributed by atoms with Crippen LogP contribution in [0.1, 0.15) is 11.1 Å². The number of aliphatic hydroxyl groups excluding tert-OH is 1. The van der Waals surface area contributed by atoms with Crippen LogP contribution in [0, 0.1) is 6.92 Å². The zero-order valence-electron chi connectivity index (χ0n) is 9.23. The number of carboxylic acids is 1. The lowest BCUT2D eigenvalue weighted by atomic mass is 10.0. The molecule has 0 aliphatic rings. The molecule has 0 saturated heterocycles. The van der Waals surface area contributed by atoms with E-state index in [1.165, 1.54) is 0 Å².